The van der Waals surface area contributed by atoms with E-state index >= 15 is 0 Å². The van der Waals surface area contributed by atoms with Gasteiger partial charge in [0.05, 0.1) is 18.5 Å². The summed E-state index contributed by atoms with van der Waals surface area (Å²) in [5.74, 6) is 0.269. The zero-order valence-corrected chi connectivity index (χ0v) is 17.4. The number of urea groups is 1. The second kappa shape index (κ2) is 8.74. The van der Waals surface area contributed by atoms with E-state index in [1.165, 1.54) is 0 Å². The minimum absolute atomic E-state index is 0.311. The molecule has 8 heteroatoms. The number of thiazole rings is 1. The largest absolute Gasteiger partial charge is 0.495 e. The predicted octanol–water partition coefficient (Wildman–Crippen LogP) is 4.97. The fourth-order valence-corrected chi connectivity index (χ4v) is 3.49. The predicted molar refractivity (Wildman–Crippen MR) is 116 cm³/mol. The monoisotopic (exact) mass is 410 g/mol. The average molecular weight is 410 g/mol. The normalized spacial score (nSPS) is 10.3. The van der Waals surface area contributed by atoms with Crippen molar-refractivity contribution >= 4 is 39.8 Å². The molecule has 0 aliphatic rings. The SMILES string of the molecule is COc1cc(C)ccc1NC(=O)c1sc(NC(=O)Nc2ccc(C)cc2)nc1C. The number of aryl methyl sites for hydroxylation is 3. The number of carbonyl (C=O) groups is 2. The summed E-state index contributed by atoms with van der Waals surface area (Å²) >= 11 is 1.11. The number of hydrogen-bond acceptors (Lipinski definition) is 5. The number of benzene rings is 2. The van der Waals surface area contributed by atoms with Crippen molar-refractivity contribution in [1.82, 2.24) is 4.98 Å². The Labute approximate surface area is 173 Å². The zero-order valence-electron chi connectivity index (χ0n) is 16.6. The molecular weight excluding hydrogens is 388 g/mol. The summed E-state index contributed by atoms with van der Waals surface area (Å²) in [4.78, 5) is 29.6. The first-order valence-electron chi connectivity index (χ1n) is 8.94. The summed E-state index contributed by atoms with van der Waals surface area (Å²) in [5.41, 5.74) is 3.91. The second-order valence-corrected chi connectivity index (χ2v) is 7.54. The molecule has 0 unspecified atom stereocenters. The molecule has 0 fully saturated rings. The van der Waals surface area contributed by atoms with E-state index in [-0.39, 0.29) is 5.91 Å². The van der Waals surface area contributed by atoms with E-state index in [4.69, 9.17) is 4.74 Å². The van der Waals surface area contributed by atoms with Crippen molar-refractivity contribution in [3.05, 3.63) is 64.2 Å². The summed E-state index contributed by atoms with van der Waals surface area (Å²) in [6.45, 7) is 5.64. The van der Waals surface area contributed by atoms with Crippen LogP contribution in [0.2, 0.25) is 0 Å². The highest BCUT2D eigenvalue weighted by atomic mass is 32.1. The highest BCUT2D eigenvalue weighted by Gasteiger charge is 2.18. The molecule has 3 amide bonds. The summed E-state index contributed by atoms with van der Waals surface area (Å²) in [5, 5.41) is 8.58. The number of anilines is 3. The standard InChI is InChI=1S/C21H22N4O3S/c1-12-5-8-15(9-6-12)23-20(27)25-21-22-14(3)18(29-21)19(26)24-16-10-7-13(2)11-17(16)28-4/h5-11H,1-4H3,(H,24,26)(H2,22,23,25,27). The summed E-state index contributed by atoms with van der Waals surface area (Å²) in [7, 11) is 1.55. The van der Waals surface area contributed by atoms with Crippen LogP contribution in [0.3, 0.4) is 0 Å². The van der Waals surface area contributed by atoms with Crippen molar-refractivity contribution in [3.63, 3.8) is 0 Å². The van der Waals surface area contributed by atoms with Crippen molar-refractivity contribution in [2.24, 2.45) is 0 Å². The molecule has 0 atom stereocenters. The number of carbonyl (C=O) groups excluding carboxylic acids is 2. The van der Waals surface area contributed by atoms with E-state index in [0.29, 0.717) is 32.8 Å². The van der Waals surface area contributed by atoms with Crippen LogP contribution in [0.15, 0.2) is 42.5 Å². The molecule has 3 N–H and O–H groups in total. The van der Waals surface area contributed by atoms with E-state index in [2.05, 4.69) is 20.9 Å². The first-order chi connectivity index (χ1) is 13.9. The summed E-state index contributed by atoms with van der Waals surface area (Å²) in [6, 6.07) is 12.5. The van der Waals surface area contributed by atoms with Crippen LogP contribution in [-0.2, 0) is 0 Å². The van der Waals surface area contributed by atoms with Crippen LogP contribution < -0.4 is 20.7 Å². The molecule has 0 radical (unpaired) electrons. The fourth-order valence-electron chi connectivity index (χ4n) is 2.64. The molecule has 0 aliphatic carbocycles. The van der Waals surface area contributed by atoms with Gasteiger partial charge in [-0.2, -0.15) is 0 Å². The lowest BCUT2D eigenvalue weighted by Gasteiger charge is -2.10. The molecule has 7 nitrogen and oxygen atoms in total. The molecule has 3 aromatic rings. The first-order valence-corrected chi connectivity index (χ1v) is 9.75. The van der Waals surface area contributed by atoms with Crippen LogP contribution in [0.1, 0.15) is 26.5 Å². The molecule has 150 valence electrons. The molecule has 1 heterocycles. The number of hydrogen-bond donors (Lipinski definition) is 3. The Kier molecular flexibility index (Phi) is 6.13. The van der Waals surface area contributed by atoms with Crippen LogP contribution in [0.25, 0.3) is 0 Å². The Balaban J connectivity index is 1.68. The van der Waals surface area contributed by atoms with Crippen LogP contribution in [-0.4, -0.2) is 24.0 Å². The van der Waals surface area contributed by atoms with Crippen molar-refractivity contribution in [2.75, 3.05) is 23.1 Å². The maximum absolute atomic E-state index is 12.7. The molecule has 2 aromatic carbocycles. The Morgan fingerprint density at radius 2 is 1.62 bits per heavy atom. The van der Waals surface area contributed by atoms with Gasteiger partial charge in [-0.15, -0.1) is 0 Å². The van der Waals surface area contributed by atoms with Gasteiger partial charge in [0.2, 0.25) is 0 Å². The summed E-state index contributed by atoms with van der Waals surface area (Å²) in [6.07, 6.45) is 0. The highest BCUT2D eigenvalue weighted by Crippen LogP contribution is 2.28. The highest BCUT2D eigenvalue weighted by molar-refractivity contribution is 7.17. The molecule has 0 saturated heterocycles. The maximum Gasteiger partial charge on any atom is 0.325 e. The molecule has 1 aromatic heterocycles. The third-order valence-corrected chi connectivity index (χ3v) is 5.21. The van der Waals surface area contributed by atoms with Crippen LogP contribution >= 0.6 is 11.3 Å². The number of methoxy groups -OCH3 is 1. The average Bonchev–Trinajstić information content (AvgIpc) is 3.05. The Morgan fingerprint density at radius 3 is 2.31 bits per heavy atom. The molecule has 0 spiro atoms. The van der Waals surface area contributed by atoms with Crippen molar-refractivity contribution in [2.45, 2.75) is 20.8 Å². The Bertz CT molecular complexity index is 1040. The topological polar surface area (TPSA) is 92.4 Å². The van der Waals surface area contributed by atoms with Gasteiger partial charge in [0.15, 0.2) is 5.13 Å². The lowest BCUT2D eigenvalue weighted by molar-refractivity contribution is 0.102. The van der Waals surface area contributed by atoms with Crippen LogP contribution in [0.4, 0.5) is 21.3 Å². The van der Waals surface area contributed by atoms with Gasteiger partial charge in [-0.25, -0.2) is 9.78 Å². The molecule has 0 saturated carbocycles. The van der Waals surface area contributed by atoms with Crippen LogP contribution in [0.5, 0.6) is 5.75 Å². The van der Waals surface area contributed by atoms with Gasteiger partial charge < -0.3 is 15.4 Å². The second-order valence-electron chi connectivity index (χ2n) is 6.54. The minimum Gasteiger partial charge on any atom is -0.495 e. The minimum atomic E-state index is -0.422. The van der Waals surface area contributed by atoms with Gasteiger partial charge in [-0.05, 0) is 50.6 Å². The van der Waals surface area contributed by atoms with Gasteiger partial charge in [0, 0.05) is 5.69 Å². The smallest absolute Gasteiger partial charge is 0.325 e. The molecule has 0 bridgehead atoms. The first kappa shape index (κ1) is 20.3. The zero-order chi connectivity index (χ0) is 21.0. The fraction of sp³-hybridized carbons (Fsp3) is 0.190. The van der Waals surface area contributed by atoms with Gasteiger partial charge in [0.1, 0.15) is 10.6 Å². The quantitative estimate of drug-likeness (QED) is 0.553. The lowest BCUT2D eigenvalue weighted by atomic mass is 10.2. The van der Waals surface area contributed by atoms with Crippen LogP contribution in [0, 0.1) is 20.8 Å². The number of rotatable bonds is 5. The van der Waals surface area contributed by atoms with Crippen molar-refractivity contribution < 1.29 is 14.3 Å². The van der Waals surface area contributed by atoms with Gasteiger partial charge in [-0.3, -0.25) is 10.1 Å². The third kappa shape index (κ3) is 5.11. The van der Waals surface area contributed by atoms with E-state index in [1.54, 1.807) is 20.1 Å². The van der Waals surface area contributed by atoms with E-state index < -0.39 is 6.03 Å². The van der Waals surface area contributed by atoms with Gasteiger partial charge in [-0.1, -0.05) is 35.1 Å². The number of nitrogens with one attached hydrogen (secondary N) is 3. The third-order valence-electron chi connectivity index (χ3n) is 4.14. The molecule has 29 heavy (non-hydrogen) atoms. The summed E-state index contributed by atoms with van der Waals surface area (Å²) < 4.78 is 5.32. The number of aromatic nitrogens is 1. The van der Waals surface area contributed by atoms with Crippen molar-refractivity contribution in [3.8, 4) is 5.75 Å². The molecule has 0 aliphatic heterocycles. The number of ether oxygens (including phenoxy) is 1. The Morgan fingerprint density at radius 1 is 0.931 bits per heavy atom. The van der Waals surface area contributed by atoms with Gasteiger partial charge >= 0.3 is 6.03 Å². The number of amides is 3. The number of nitrogens with zero attached hydrogens (tertiary/aromatic N) is 1. The van der Waals surface area contributed by atoms with E-state index in [0.717, 1.165) is 22.5 Å². The van der Waals surface area contributed by atoms with Crippen molar-refractivity contribution in [1.29, 1.82) is 0 Å². The van der Waals surface area contributed by atoms with E-state index in [9.17, 15) is 9.59 Å². The maximum atomic E-state index is 12.7. The molecular formula is C21H22N4O3S. The Hall–Kier alpha value is -3.39. The molecule has 3 rings (SSSR count). The van der Waals surface area contributed by atoms with E-state index in [1.807, 2.05) is 50.2 Å². The lowest BCUT2D eigenvalue weighted by Crippen LogP contribution is -2.19. The van der Waals surface area contributed by atoms with Gasteiger partial charge in [0.25, 0.3) is 5.91 Å².